The molecule has 0 saturated carbocycles. The first-order valence-corrected chi connectivity index (χ1v) is 9.89. The molecule has 0 atom stereocenters. The maximum absolute atomic E-state index is 12.5. The quantitative estimate of drug-likeness (QED) is 0.492. The van der Waals surface area contributed by atoms with Crippen LogP contribution in [-0.4, -0.2) is 18.0 Å². The molecule has 0 heterocycles. The minimum atomic E-state index is -0.391. The van der Waals surface area contributed by atoms with Crippen molar-refractivity contribution >= 4 is 29.2 Å². The van der Waals surface area contributed by atoms with E-state index in [0.717, 1.165) is 5.56 Å². The molecule has 154 valence electrons. The van der Waals surface area contributed by atoms with Crippen LogP contribution < -0.4 is 10.1 Å². The first kappa shape index (κ1) is 21.4. The van der Waals surface area contributed by atoms with Gasteiger partial charge < -0.3 is 14.8 Å². The smallest absolute Gasteiger partial charge is 0.338 e. The van der Waals surface area contributed by atoms with Crippen LogP contribution >= 0.6 is 11.6 Å². The van der Waals surface area contributed by atoms with Gasteiger partial charge in [-0.2, -0.15) is 0 Å². The Labute approximate surface area is 180 Å². The molecule has 1 amide bonds. The van der Waals surface area contributed by atoms with Crippen LogP contribution in [0.3, 0.4) is 0 Å². The Morgan fingerprint density at radius 1 is 0.900 bits per heavy atom. The number of esters is 1. The summed E-state index contributed by atoms with van der Waals surface area (Å²) in [5, 5.41) is 3.36. The summed E-state index contributed by atoms with van der Waals surface area (Å²) < 4.78 is 10.9. The van der Waals surface area contributed by atoms with E-state index in [4.69, 9.17) is 21.1 Å². The van der Waals surface area contributed by atoms with Gasteiger partial charge >= 0.3 is 5.97 Å². The Hall–Kier alpha value is -3.31. The normalized spacial score (nSPS) is 10.5. The van der Waals surface area contributed by atoms with Gasteiger partial charge in [0.2, 0.25) is 0 Å². The van der Waals surface area contributed by atoms with Gasteiger partial charge in [0, 0.05) is 11.3 Å². The number of anilines is 1. The molecule has 0 aliphatic carbocycles. The van der Waals surface area contributed by atoms with Crippen molar-refractivity contribution in [3.63, 3.8) is 0 Å². The van der Waals surface area contributed by atoms with E-state index in [2.05, 4.69) is 5.32 Å². The van der Waals surface area contributed by atoms with E-state index >= 15 is 0 Å². The molecule has 1 N–H and O–H groups in total. The van der Waals surface area contributed by atoms with Crippen molar-refractivity contribution in [3.05, 3.63) is 94.5 Å². The zero-order valence-electron chi connectivity index (χ0n) is 16.7. The second kappa shape index (κ2) is 9.94. The van der Waals surface area contributed by atoms with E-state index in [1.165, 1.54) is 0 Å². The lowest BCUT2D eigenvalue weighted by Gasteiger charge is -2.10. The number of ether oxygens (including phenoxy) is 2. The van der Waals surface area contributed by atoms with E-state index in [0.29, 0.717) is 34.2 Å². The van der Waals surface area contributed by atoms with Gasteiger partial charge in [0.05, 0.1) is 16.7 Å². The van der Waals surface area contributed by atoms with Gasteiger partial charge in [-0.25, -0.2) is 4.79 Å². The lowest BCUT2D eigenvalue weighted by molar-refractivity contribution is 0.0378. The molecular weight excluding hydrogens is 402 g/mol. The largest absolute Gasteiger partial charge is 0.487 e. The summed E-state index contributed by atoms with van der Waals surface area (Å²) in [6.07, 6.45) is -0.185. The number of nitrogens with one attached hydrogen (secondary N) is 1. The maximum atomic E-state index is 12.5. The van der Waals surface area contributed by atoms with Crippen molar-refractivity contribution in [2.24, 2.45) is 0 Å². The Bertz CT molecular complexity index is 1010. The average molecular weight is 424 g/mol. The average Bonchev–Trinajstić information content (AvgIpc) is 2.73. The molecule has 3 rings (SSSR count). The van der Waals surface area contributed by atoms with Crippen LogP contribution in [0.25, 0.3) is 0 Å². The number of halogens is 1. The summed E-state index contributed by atoms with van der Waals surface area (Å²) in [6.45, 7) is 3.93. The van der Waals surface area contributed by atoms with Gasteiger partial charge in [0.15, 0.2) is 0 Å². The molecule has 0 aliphatic rings. The maximum Gasteiger partial charge on any atom is 0.338 e. The third kappa shape index (κ3) is 5.84. The van der Waals surface area contributed by atoms with E-state index in [-0.39, 0.29) is 12.0 Å². The highest BCUT2D eigenvalue weighted by molar-refractivity contribution is 6.32. The summed E-state index contributed by atoms with van der Waals surface area (Å²) in [4.78, 5) is 24.3. The summed E-state index contributed by atoms with van der Waals surface area (Å²) in [6, 6.07) is 21.0. The molecule has 0 fully saturated rings. The zero-order valence-corrected chi connectivity index (χ0v) is 17.5. The van der Waals surface area contributed by atoms with Crippen LogP contribution in [0.2, 0.25) is 5.02 Å². The number of hydrogen-bond acceptors (Lipinski definition) is 4. The van der Waals surface area contributed by atoms with E-state index < -0.39 is 5.97 Å². The topological polar surface area (TPSA) is 64.6 Å². The number of carbonyl (C=O) groups is 2. The van der Waals surface area contributed by atoms with Crippen molar-refractivity contribution in [2.75, 3.05) is 5.32 Å². The highest BCUT2D eigenvalue weighted by Gasteiger charge is 2.10. The van der Waals surface area contributed by atoms with Crippen molar-refractivity contribution in [3.8, 4) is 5.75 Å². The number of rotatable bonds is 7. The van der Waals surface area contributed by atoms with Crippen LogP contribution in [-0.2, 0) is 11.3 Å². The Morgan fingerprint density at radius 3 is 2.17 bits per heavy atom. The van der Waals surface area contributed by atoms with Crippen LogP contribution in [0.5, 0.6) is 5.75 Å². The van der Waals surface area contributed by atoms with Crippen molar-refractivity contribution in [1.29, 1.82) is 0 Å². The molecule has 0 aliphatic heterocycles. The predicted molar refractivity (Wildman–Crippen MR) is 117 cm³/mol. The van der Waals surface area contributed by atoms with Gasteiger partial charge in [0.25, 0.3) is 5.91 Å². The van der Waals surface area contributed by atoms with Gasteiger partial charge in [0.1, 0.15) is 12.4 Å². The molecule has 0 aromatic heterocycles. The SMILES string of the molecule is CC(C)OC(=O)c1ccc(NC(=O)c2ccc(COc3ccccc3Cl)cc2)cc1. The number of carbonyl (C=O) groups excluding carboxylic acids is 2. The lowest BCUT2D eigenvalue weighted by atomic mass is 10.1. The second-order valence-electron chi connectivity index (χ2n) is 6.90. The first-order chi connectivity index (χ1) is 14.4. The van der Waals surface area contributed by atoms with Gasteiger partial charge in [-0.15, -0.1) is 0 Å². The molecule has 3 aromatic carbocycles. The van der Waals surface area contributed by atoms with Gasteiger partial charge in [-0.05, 0) is 67.9 Å². The zero-order chi connectivity index (χ0) is 21.5. The molecule has 5 nitrogen and oxygen atoms in total. The van der Waals surface area contributed by atoms with Crippen LogP contribution in [0, 0.1) is 0 Å². The summed E-state index contributed by atoms with van der Waals surface area (Å²) in [7, 11) is 0. The lowest BCUT2D eigenvalue weighted by Crippen LogP contribution is -2.13. The van der Waals surface area contributed by atoms with E-state index in [9.17, 15) is 9.59 Å². The molecule has 0 radical (unpaired) electrons. The fourth-order valence-corrected chi connectivity index (χ4v) is 2.84. The minimum Gasteiger partial charge on any atom is -0.487 e. The van der Waals surface area contributed by atoms with Crippen LogP contribution in [0.4, 0.5) is 5.69 Å². The Morgan fingerprint density at radius 2 is 1.53 bits per heavy atom. The number of para-hydroxylation sites is 1. The third-order valence-electron chi connectivity index (χ3n) is 4.17. The van der Waals surface area contributed by atoms with Gasteiger partial charge in [-0.3, -0.25) is 4.79 Å². The first-order valence-electron chi connectivity index (χ1n) is 9.51. The molecule has 0 saturated heterocycles. The molecule has 0 unspecified atom stereocenters. The predicted octanol–water partition coefficient (Wildman–Crippen LogP) is 5.74. The minimum absolute atomic E-state index is 0.185. The molecule has 3 aromatic rings. The standard InChI is InChI=1S/C24H22ClNO4/c1-16(2)30-24(28)19-11-13-20(14-12-19)26-23(27)18-9-7-17(8-10-18)15-29-22-6-4-3-5-21(22)25/h3-14,16H,15H2,1-2H3,(H,26,27). The van der Waals surface area contributed by atoms with Crippen molar-refractivity contribution < 1.29 is 19.1 Å². The molecule has 6 heteroatoms. The number of benzene rings is 3. The molecule has 0 spiro atoms. The Kier molecular flexibility index (Phi) is 7.09. The van der Waals surface area contributed by atoms with E-state index in [1.54, 1.807) is 62.4 Å². The van der Waals surface area contributed by atoms with Crippen molar-refractivity contribution in [2.45, 2.75) is 26.6 Å². The summed E-state index contributed by atoms with van der Waals surface area (Å²) in [5.41, 5.74) is 2.45. The summed E-state index contributed by atoms with van der Waals surface area (Å²) >= 11 is 6.08. The second-order valence-corrected chi connectivity index (χ2v) is 7.31. The summed E-state index contributed by atoms with van der Waals surface area (Å²) in [5.74, 6) is -0.0229. The number of amides is 1. The van der Waals surface area contributed by atoms with Gasteiger partial charge in [-0.1, -0.05) is 35.9 Å². The molecule has 0 bridgehead atoms. The highest BCUT2D eigenvalue weighted by Crippen LogP contribution is 2.24. The van der Waals surface area contributed by atoms with E-state index in [1.807, 2.05) is 24.3 Å². The third-order valence-corrected chi connectivity index (χ3v) is 4.48. The number of hydrogen-bond donors (Lipinski definition) is 1. The fraction of sp³-hybridized carbons (Fsp3) is 0.167. The fourth-order valence-electron chi connectivity index (χ4n) is 2.65. The molecule has 30 heavy (non-hydrogen) atoms. The molecular formula is C24H22ClNO4. The van der Waals surface area contributed by atoms with Crippen LogP contribution in [0.15, 0.2) is 72.8 Å². The highest BCUT2D eigenvalue weighted by atomic mass is 35.5. The van der Waals surface area contributed by atoms with Crippen LogP contribution in [0.1, 0.15) is 40.1 Å². The Balaban J connectivity index is 1.57. The van der Waals surface area contributed by atoms with Crippen molar-refractivity contribution in [1.82, 2.24) is 0 Å². The monoisotopic (exact) mass is 423 g/mol.